The first-order valence-corrected chi connectivity index (χ1v) is 8.92. The third kappa shape index (κ3) is 2.81. The molecular formula is C12H15N3O4S2. The van der Waals surface area contributed by atoms with Gasteiger partial charge in [0, 0.05) is 25.6 Å². The zero-order valence-corrected chi connectivity index (χ0v) is 12.7. The number of carbonyl (C=O) groups excluding carboxylic acids is 2. The van der Waals surface area contributed by atoms with E-state index in [4.69, 9.17) is 0 Å². The molecule has 0 aliphatic carbocycles. The topological polar surface area (TPSA) is 95.6 Å². The molecule has 0 radical (unpaired) electrons. The van der Waals surface area contributed by atoms with E-state index in [9.17, 15) is 18.0 Å². The highest BCUT2D eigenvalue weighted by molar-refractivity contribution is 7.91. The van der Waals surface area contributed by atoms with E-state index in [0.29, 0.717) is 19.6 Å². The van der Waals surface area contributed by atoms with Gasteiger partial charge in [-0.25, -0.2) is 13.1 Å². The molecule has 2 saturated heterocycles. The summed E-state index contributed by atoms with van der Waals surface area (Å²) in [5, 5.41) is 4.43. The lowest BCUT2D eigenvalue weighted by Crippen LogP contribution is -2.40. The van der Waals surface area contributed by atoms with Crippen molar-refractivity contribution in [2.45, 2.75) is 4.21 Å². The van der Waals surface area contributed by atoms with E-state index in [1.165, 1.54) is 6.07 Å². The van der Waals surface area contributed by atoms with Crippen LogP contribution in [0.4, 0.5) is 0 Å². The lowest BCUT2D eigenvalue weighted by Gasteiger charge is -2.17. The normalized spacial score (nSPS) is 25.0. The molecule has 2 aliphatic rings. The van der Waals surface area contributed by atoms with Crippen LogP contribution in [0.2, 0.25) is 0 Å². The lowest BCUT2D eigenvalue weighted by atomic mass is 10.0. The molecule has 1 aromatic heterocycles. The highest BCUT2D eigenvalue weighted by Gasteiger charge is 2.43. The molecule has 0 aromatic carbocycles. The van der Waals surface area contributed by atoms with Crippen molar-refractivity contribution in [3.05, 3.63) is 17.5 Å². The summed E-state index contributed by atoms with van der Waals surface area (Å²) in [4.78, 5) is 25.2. The molecule has 114 valence electrons. The second-order valence-corrected chi connectivity index (χ2v) is 8.11. The maximum atomic E-state index is 12.1. The maximum Gasteiger partial charge on any atom is 0.250 e. The number of thiophene rings is 1. The third-order valence-corrected chi connectivity index (χ3v) is 6.64. The highest BCUT2D eigenvalue weighted by Crippen LogP contribution is 2.27. The number of nitrogens with one attached hydrogen (secondary N) is 2. The van der Waals surface area contributed by atoms with Crippen LogP contribution in [0.1, 0.15) is 0 Å². The van der Waals surface area contributed by atoms with Gasteiger partial charge in [-0.15, -0.1) is 11.3 Å². The Morgan fingerprint density at radius 2 is 2.29 bits per heavy atom. The first-order chi connectivity index (χ1) is 9.97. The lowest BCUT2D eigenvalue weighted by molar-refractivity contribution is -0.129. The van der Waals surface area contributed by atoms with Gasteiger partial charge in [-0.3, -0.25) is 9.59 Å². The number of amides is 2. The molecule has 0 bridgehead atoms. The largest absolute Gasteiger partial charge is 0.355 e. The summed E-state index contributed by atoms with van der Waals surface area (Å²) in [6, 6.07) is 3.13. The van der Waals surface area contributed by atoms with E-state index >= 15 is 0 Å². The Morgan fingerprint density at radius 3 is 2.95 bits per heavy atom. The Kier molecular flexibility index (Phi) is 3.72. The number of likely N-dealkylation sites (tertiary alicyclic amines) is 1. The van der Waals surface area contributed by atoms with E-state index in [1.54, 1.807) is 16.3 Å². The number of nitrogens with zero attached hydrogens (tertiary/aromatic N) is 1. The van der Waals surface area contributed by atoms with Crippen molar-refractivity contribution in [1.82, 2.24) is 14.9 Å². The van der Waals surface area contributed by atoms with E-state index < -0.39 is 10.0 Å². The SMILES string of the molecule is O=C1NC[C@H]2CN(C(=O)CNS(=O)(=O)c3cccs3)C[C@@H]12. The van der Waals surface area contributed by atoms with Crippen LogP contribution in [0.3, 0.4) is 0 Å². The van der Waals surface area contributed by atoms with Gasteiger partial charge in [0.05, 0.1) is 12.5 Å². The monoisotopic (exact) mass is 329 g/mol. The zero-order chi connectivity index (χ0) is 15.0. The Morgan fingerprint density at radius 1 is 1.48 bits per heavy atom. The predicted molar refractivity (Wildman–Crippen MR) is 76.1 cm³/mol. The molecule has 3 rings (SSSR count). The molecule has 2 fully saturated rings. The third-order valence-electron chi connectivity index (χ3n) is 3.84. The smallest absolute Gasteiger partial charge is 0.250 e. The van der Waals surface area contributed by atoms with Crippen molar-refractivity contribution < 1.29 is 18.0 Å². The molecule has 3 heterocycles. The van der Waals surface area contributed by atoms with Crippen molar-refractivity contribution in [3.63, 3.8) is 0 Å². The second-order valence-electron chi connectivity index (χ2n) is 5.17. The molecule has 0 unspecified atom stereocenters. The maximum absolute atomic E-state index is 12.1. The van der Waals surface area contributed by atoms with Crippen LogP contribution in [0.15, 0.2) is 21.7 Å². The first kappa shape index (κ1) is 14.5. The number of rotatable bonds is 4. The Labute approximate surface area is 126 Å². The van der Waals surface area contributed by atoms with Crippen molar-refractivity contribution in [1.29, 1.82) is 0 Å². The molecule has 0 spiro atoms. The van der Waals surface area contributed by atoms with Crippen LogP contribution >= 0.6 is 11.3 Å². The van der Waals surface area contributed by atoms with Gasteiger partial charge in [0.1, 0.15) is 4.21 Å². The quantitative estimate of drug-likeness (QED) is 0.758. The number of fused-ring (bicyclic) bond motifs is 1. The Bertz CT molecular complexity index is 656. The minimum atomic E-state index is -3.63. The van der Waals surface area contributed by atoms with Crippen LogP contribution in [-0.4, -0.2) is 51.3 Å². The average Bonchev–Trinajstić information content (AvgIpc) is 3.14. The fraction of sp³-hybridized carbons (Fsp3) is 0.500. The van der Waals surface area contributed by atoms with Gasteiger partial charge in [0.15, 0.2) is 0 Å². The fourth-order valence-electron chi connectivity index (χ4n) is 2.70. The van der Waals surface area contributed by atoms with Crippen LogP contribution in [-0.2, 0) is 19.6 Å². The summed E-state index contributed by atoms with van der Waals surface area (Å²) in [6.07, 6.45) is 0. The summed E-state index contributed by atoms with van der Waals surface area (Å²) < 4.78 is 26.3. The van der Waals surface area contributed by atoms with Gasteiger partial charge in [0.2, 0.25) is 11.8 Å². The minimum Gasteiger partial charge on any atom is -0.355 e. The van der Waals surface area contributed by atoms with E-state index in [2.05, 4.69) is 10.0 Å². The molecule has 2 N–H and O–H groups in total. The van der Waals surface area contributed by atoms with Gasteiger partial charge in [0.25, 0.3) is 10.0 Å². The van der Waals surface area contributed by atoms with Crippen LogP contribution in [0.5, 0.6) is 0 Å². The fourth-order valence-corrected chi connectivity index (χ4v) is 4.71. The molecule has 21 heavy (non-hydrogen) atoms. The average molecular weight is 329 g/mol. The summed E-state index contributed by atoms with van der Waals surface area (Å²) >= 11 is 1.10. The van der Waals surface area contributed by atoms with Crippen molar-refractivity contribution in [2.75, 3.05) is 26.2 Å². The Balaban J connectivity index is 1.57. The molecule has 9 heteroatoms. The first-order valence-electron chi connectivity index (χ1n) is 6.56. The molecule has 2 aliphatic heterocycles. The van der Waals surface area contributed by atoms with Gasteiger partial charge in [-0.2, -0.15) is 0 Å². The molecule has 7 nitrogen and oxygen atoms in total. The van der Waals surface area contributed by atoms with E-state index in [1.807, 2.05) is 0 Å². The van der Waals surface area contributed by atoms with Gasteiger partial charge < -0.3 is 10.2 Å². The highest BCUT2D eigenvalue weighted by atomic mass is 32.2. The van der Waals surface area contributed by atoms with E-state index in [0.717, 1.165) is 11.3 Å². The molecule has 1 aromatic rings. The number of hydrogen-bond donors (Lipinski definition) is 2. The number of sulfonamides is 1. The summed E-state index contributed by atoms with van der Waals surface area (Å²) in [5.74, 6) is -0.315. The van der Waals surface area contributed by atoms with Crippen molar-refractivity contribution in [3.8, 4) is 0 Å². The van der Waals surface area contributed by atoms with Gasteiger partial charge in [-0.05, 0) is 11.4 Å². The molecule has 0 saturated carbocycles. The van der Waals surface area contributed by atoms with Gasteiger partial charge in [-0.1, -0.05) is 6.07 Å². The zero-order valence-electron chi connectivity index (χ0n) is 11.1. The molecular weight excluding hydrogens is 314 g/mol. The van der Waals surface area contributed by atoms with Crippen LogP contribution in [0.25, 0.3) is 0 Å². The standard InChI is InChI=1S/C12H15N3O4S2/c16-10(5-14-21(18,19)11-2-1-3-20-11)15-6-8-4-13-12(17)9(8)7-15/h1-3,8-9,14H,4-7H2,(H,13,17)/t8-,9+/m0/s1. The van der Waals surface area contributed by atoms with Crippen molar-refractivity contribution in [2.24, 2.45) is 11.8 Å². The molecule has 2 atom stereocenters. The number of carbonyl (C=O) groups is 2. The Hall–Kier alpha value is -1.45. The molecule has 2 amide bonds. The second kappa shape index (κ2) is 5.39. The number of hydrogen-bond acceptors (Lipinski definition) is 5. The van der Waals surface area contributed by atoms with Gasteiger partial charge >= 0.3 is 0 Å². The summed E-state index contributed by atoms with van der Waals surface area (Å²) in [5.41, 5.74) is 0. The van der Waals surface area contributed by atoms with Crippen LogP contribution in [0, 0.1) is 11.8 Å². The van der Waals surface area contributed by atoms with Crippen LogP contribution < -0.4 is 10.0 Å². The summed E-state index contributed by atoms with van der Waals surface area (Å²) in [6.45, 7) is 1.19. The van der Waals surface area contributed by atoms with Crippen molar-refractivity contribution >= 4 is 33.2 Å². The van der Waals surface area contributed by atoms with E-state index in [-0.39, 0.29) is 34.4 Å². The summed E-state index contributed by atoms with van der Waals surface area (Å²) in [7, 11) is -3.63. The minimum absolute atomic E-state index is 0.0190. The predicted octanol–water partition coefficient (Wildman–Crippen LogP) is -0.769.